The van der Waals surface area contributed by atoms with Gasteiger partial charge in [-0.2, -0.15) is 12.7 Å². The smallest absolute Gasteiger partial charge is 0.279 e. The molecule has 1 aliphatic rings. The average molecular weight is 236 g/mol. The van der Waals surface area contributed by atoms with Gasteiger partial charge in [0.1, 0.15) is 0 Å². The summed E-state index contributed by atoms with van der Waals surface area (Å²) in [6.45, 7) is 3.90. The van der Waals surface area contributed by atoms with E-state index in [1.807, 2.05) is 7.05 Å². The van der Waals surface area contributed by atoms with Crippen molar-refractivity contribution in [2.75, 3.05) is 46.3 Å². The van der Waals surface area contributed by atoms with E-state index in [0.717, 1.165) is 26.1 Å². The molecule has 0 aromatic heterocycles. The fraction of sp³-hybridized carbons (Fsp3) is 1.00. The Balaban J connectivity index is 2.30. The number of piperazine rings is 1. The SMILES string of the molecule is CNCCCNS(=O)(=O)N1CCNCC1. The van der Waals surface area contributed by atoms with Crippen LogP contribution in [0.25, 0.3) is 0 Å². The summed E-state index contributed by atoms with van der Waals surface area (Å²) in [5.74, 6) is 0. The number of nitrogens with zero attached hydrogens (tertiary/aromatic N) is 1. The molecule has 0 unspecified atom stereocenters. The molecule has 0 amide bonds. The monoisotopic (exact) mass is 236 g/mol. The van der Waals surface area contributed by atoms with E-state index in [-0.39, 0.29) is 0 Å². The fourth-order valence-corrected chi connectivity index (χ4v) is 2.69. The Kier molecular flexibility index (Phi) is 5.48. The highest BCUT2D eigenvalue weighted by Crippen LogP contribution is 1.99. The van der Waals surface area contributed by atoms with Gasteiger partial charge >= 0.3 is 0 Å². The van der Waals surface area contributed by atoms with Crippen molar-refractivity contribution in [1.82, 2.24) is 19.7 Å². The number of rotatable bonds is 6. The average Bonchev–Trinajstić information content (AvgIpc) is 2.26. The highest BCUT2D eigenvalue weighted by molar-refractivity contribution is 7.87. The van der Waals surface area contributed by atoms with Gasteiger partial charge in [-0.05, 0) is 20.0 Å². The Morgan fingerprint density at radius 3 is 2.53 bits per heavy atom. The van der Waals surface area contributed by atoms with Gasteiger partial charge in [-0.1, -0.05) is 0 Å². The standard InChI is InChI=1S/C8H20N4O2S/c1-9-3-2-4-11-15(13,14)12-7-5-10-6-8-12/h9-11H,2-8H2,1H3. The first-order valence-electron chi connectivity index (χ1n) is 5.27. The molecule has 1 fully saturated rings. The molecule has 0 aromatic carbocycles. The zero-order chi connectivity index (χ0) is 11.1. The van der Waals surface area contributed by atoms with Gasteiger partial charge in [-0.15, -0.1) is 0 Å². The molecule has 15 heavy (non-hydrogen) atoms. The lowest BCUT2D eigenvalue weighted by Crippen LogP contribution is -2.50. The quantitative estimate of drug-likeness (QED) is 0.482. The van der Waals surface area contributed by atoms with Crippen LogP contribution in [0.5, 0.6) is 0 Å². The van der Waals surface area contributed by atoms with Crippen molar-refractivity contribution in [3.63, 3.8) is 0 Å². The molecule has 1 heterocycles. The van der Waals surface area contributed by atoms with Crippen molar-refractivity contribution in [2.24, 2.45) is 0 Å². The molecule has 0 spiro atoms. The van der Waals surface area contributed by atoms with Crippen LogP contribution in [0, 0.1) is 0 Å². The Morgan fingerprint density at radius 2 is 1.93 bits per heavy atom. The van der Waals surface area contributed by atoms with Gasteiger partial charge in [0, 0.05) is 32.7 Å². The lowest BCUT2D eigenvalue weighted by Gasteiger charge is -2.26. The summed E-state index contributed by atoms with van der Waals surface area (Å²) in [6, 6.07) is 0. The van der Waals surface area contributed by atoms with Crippen molar-refractivity contribution in [3.05, 3.63) is 0 Å². The van der Waals surface area contributed by atoms with Crippen LogP contribution in [0.3, 0.4) is 0 Å². The molecule has 0 radical (unpaired) electrons. The van der Waals surface area contributed by atoms with Crippen molar-refractivity contribution >= 4 is 10.2 Å². The van der Waals surface area contributed by atoms with Crippen LogP contribution in [0.15, 0.2) is 0 Å². The molecule has 0 aromatic rings. The lowest BCUT2D eigenvalue weighted by atomic mass is 10.4. The van der Waals surface area contributed by atoms with Crippen molar-refractivity contribution in [1.29, 1.82) is 0 Å². The Bertz CT molecular complexity index is 262. The largest absolute Gasteiger partial charge is 0.320 e. The third-order valence-corrected chi connectivity index (χ3v) is 3.92. The topological polar surface area (TPSA) is 73.5 Å². The van der Waals surface area contributed by atoms with Crippen molar-refractivity contribution in [3.8, 4) is 0 Å². The molecule has 90 valence electrons. The predicted octanol–water partition coefficient (Wildman–Crippen LogP) is -1.66. The van der Waals surface area contributed by atoms with E-state index < -0.39 is 10.2 Å². The van der Waals surface area contributed by atoms with E-state index in [4.69, 9.17) is 0 Å². The number of hydrogen-bond acceptors (Lipinski definition) is 4. The van der Waals surface area contributed by atoms with Crippen LogP contribution in [0.2, 0.25) is 0 Å². The lowest BCUT2D eigenvalue weighted by molar-refractivity contribution is 0.354. The third kappa shape index (κ3) is 4.43. The zero-order valence-corrected chi connectivity index (χ0v) is 9.94. The molecule has 3 N–H and O–H groups in total. The van der Waals surface area contributed by atoms with Crippen LogP contribution >= 0.6 is 0 Å². The van der Waals surface area contributed by atoms with E-state index in [1.54, 1.807) is 0 Å². The summed E-state index contributed by atoms with van der Waals surface area (Å²) in [4.78, 5) is 0. The van der Waals surface area contributed by atoms with Gasteiger partial charge < -0.3 is 10.6 Å². The first-order chi connectivity index (χ1) is 7.17. The highest BCUT2D eigenvalue weighted by Gasteiger charge is 2.22. The van der Waals surface area contributed by atoms with E-state index in [0.29, 0.717) is 19.6 Å². The van der Waals surface area contributed by atoms with Gasteiger partial charge in [0.2, 0.25) is 0 Å². The molecule has 0 bridgehead atoms. The van der Waals surface area contributed by atoms with Gasteiger partial charge in [0.15, 0.2) is 0 Å². The van der Waals surface area contributed by atoms with E-state index in [2.05, 4.69) is 15.4 Å². The number of nitrogens with one attached hydrogen (secondary N) is 3. The fourth-order valence-electron chi connectivity index (χ4n) is 1.44. The van der Waals surface area contributed by atoms with Gasteiger partial charge in [0.05, 0.1) is 0 Å². The number of hydrogen-bond donors (Lipinski definition) is 3. The molecule has 1 aliphatic heterocycles. The molecule has 0 saturated carbocycles. The first kappa shape index (κ1) is 12.9. The minimum Gasteiger partial charge on any atom is -0.320 e. The van der Waals surface area contributed by atoms with Crippen molar-refractivity contribution in [2.45, 2.75) is 6.42 Å². The summed E-state index contributed by atoms with van der Waals surface area (Å²) in [5, 5.41) is 6.09. The molecular weight excluding hydrogens is 216 g/mol. The molecule has 0 aliphatic carbocycles. The Morgan fingerprint density at radius 1 is 1.27 bits per heavy atom. The Hall–Kier alpha value is -0.210. The maximum Gasteiger partial charge on any atom is 0.279 e. The maximum atomic E-state index is 11.7. The second-order valence-corrected chi connectivity index (χ2v) is 5.26. The molecule has 1 rings (SSSR count). The van der Waals surface area contributed by atoms with E-state index >= 15 is 0 Å². The minimum atomic E-state index is -3.25. The summed E-state index contributed by atoms with van der Waals surface area (Å²) < 4.78 is 27.5. The molecule has 0 atom stereocenters. The zero-order valence-electron chi connectivity index (χ0n) is 9.12. The summed E-state index contributed by atoms with van der Waals surface area (Å²) in [7, 11) is -1.40. The molecule has 7 heteroatoms. The first-order valence-corrected chi connectivity index (χ1v) is 6.71. The van der Waals surface area contributed by atoms with Gasteiger partial charge in [-0.25, -0.2) is 4.72 Å². The van der Waals surface area contributed by atoms with Crippen molar-refractivity contribution < 1.29 is 8.42 Å². The maximum absolute atomic E-state index is 11.7. The second-order valence-electron chi connectivity index (χ2n) is 3.51. The predicted molar refractivity (Wildman–Crippen MR) is 59.9 cm³/mol. The normalized spacial score (nSPS) is 19.3. The second kappa shape index (κ2) is 6.39. The van der Waals surface area contributed by atoms with E-state index in [9.17, 15) is 8.42 Å². The summed E-state index contributed by atoms with van der Waals surface area (Å²) in [6.07, 6.45) is 0.807. The minimum absolute atomic E-state index is 0.493. The molecule has 1 saturated heterocycles. The van der Waals surface area contributed by atoms with Crippen LogP contribution in [0.1, 0.15) is 6.42 Å². The molecule has 6 nitrogen and oxygen atoms in total. The third-order valence-electron chi connectivity index (χ3n) is 2.30. The summed E-state index contributed by atoms with van der Waals surface area (Å²) in [5.41, 5.74) is 0. The van der Waals surface area contributed by atoms with Gasteiger partial charge in [-0.3, -0.25) is 0 Å². The molecular formula is C8H20N4O2S. The Labute approximate surface area is 91.6 Å². The van der Waals surface area contributed by atoms with Crippen LogP contribution in [0.4, 0.5) is 0 Å². The summed E-state index contributed by atoms with van der Waals surface area (Å²) >= 11 is 0. The van der Waals surface area contributed by atoms with Crippen LogP contribution in [-0.2, 0) is 10.2 Å². The highest BCUT2D eigenvalue weighted by atomic mass is 32.2. The van der Waals surface area contributed by atoms with Crippen LogP contribution in [-0.4, -0.2) is 59.0 Å². The van der Waals surface area contributed by atoms with Crippen LogP contribution < -0.4 is 15.4 Å². The van der Waals surface area contributed by atoms with E-state index in [1.165, 1.54) is 4.31 Å². The van der Waals surface area contributed by atoms with Gasteiger partial charge in [0.25, 0.3) is 10.2 Å².